The summed E-state index contributed by atoms with van der Waals surface area (Å²) < 4.78 is 0. The van der Waals surface area contributed by atoms with E-state index in [1.165, 1.54) is 12.8 Å². The maximum atomic E-state index is 12.7. The second-order valence-corrected chi connectivity index (χ2v) is 8.16. The number of amides is 1. The third kappa shape index (κ3) is 3.50. The third-order valence-corrected chi connectivity index (χ3v) is 5.32. The maximum Gasteiger partial charge on any atom is 0.230 e. The molecule has 0 aliphatic heterocycles. The number of hydrogen-bond donors (Lipinski definition) is 1. The van der Waals surface area contributed by atoms with Crippen molar-refractivity contribution in [1.29, 1.82) is 0 Å². The summed E-state index contributed by atoms with van der Waals surface area (Å²) in [6.07, 6.45) is 4.61. The van der Waals surface area contributed by atoms with E-state index in [2.05, 4.69) is 13.8 Å². The summed E-state index contributed by atoms with van der Waals surface area (Å²) >= 11 is 0. The van der Waals surface area contributed by atoms with E-state index in [0.29, 0.717) is 11.5 Å². The van der Waals surface area contributed by atoms with E-state index in [1.807, 2.05) is 39.6 Å². The number of rotatable bonds is 3. The molecule has 1 aliphatic rings. The van der Waals surface area contributed by atoms with E-state index in [0.717, 1.165) is 12.8 Å². The van der Waals surface area contributed by atoms with Gasteiger partial charge in [0.1, 0.15) is 0 Å². The van der Waals surface area contributed by atoms with Crippen molar-refractivity contribution < 1.29 is 4.79 Å². The number of carbonyl (C=O) groups is 1. The van der Waals surface area contributed by atoms with E-state index in [9.17, 15) is 4.79 Å². The standard InChI is InChI=1S/C16H32N2O/c1-14(2)10-8-12(9-11-14)18(7)13(19)15(3,4)16(5,6)17/h12H,8-11,17H2,1-7H3. The number of nitrogens with two attached hydrogens (primary N) is 1. The fraction of sp³-hybridized carbons (Fsp3) is 0.938. The molecule has 3 heteroatoms. The summed E-state index contributed by atoms with van der Waals surface area (Å²) in [6, 6.07) is 0.377. The Morgan fingerprint density at radius 3 is 1.95 bits per heavy atom. The fourth-order valence-corrected chi connectivity index (χ4v) is 2.65. The smallest absolute Gasteiger partial charge is 0.230 e. The summed E-state index contributed by atoms with van der Waals surface area (Å²) in [5.74, 6) is 0.171. The lowest BCUT2D eigenvalue weighted by Gasteiger charge is -2.44. The largest absolute Gasteiger partial charge is 0.342 e. The lowest BCUT2D eigenvalue weighted by atomic mass is 9.72. The minimum Gasteiger partial charge on any atom is -0.342 e. The van der Waals surface area contributed by atoms with E-state index in [1.54, 1.807) is 0 Å². The molecule has 0 aromatic rings. The van der Waals surface area contributed by atoms with Crippen LogP contribution in [-0.2, 0) is 4.79 Å². The van der Waals surface area contributed by atoms with Gasteiger partial charge in [-0.3, -0.25) is 4.79 Å². The van der Waals surface area contributed by atoms with Crippen LogP contribution in [0.1, 0.15) is 67.2 Å². The predicted molar refractivity (Wildman–Crippen MR) is 80.9 cm³/mol. The molecule has 0 heterocycles. The highest BCUT2D eigenvalue weighted by Gasteiger charge is 2.43. The molecule has 0 aromatic heterocycles. The predicted octanol–water partition coefficient (Wildman–Crippen LogP) is 3.18. The van der Waals surface area contributed by atoms with Crippen LogP contribution in [0, 0.1) is 10.8 Å². The molecule has 1 saturated carbocycles. The van der Waals surface area contributed by atoms with E-state index >= 15 is 0 Å². The van der Waals surface area contributed by atoms with Gasteiger partial charge < -0.3 is 10.6 Å². The Labute approximate surface area is 118 Å². The van der Waals surface area contributed by atoms with Crippen LogP contribution in [0.3, 0.4) is 0 Å². The summed E-state index contributed by atoms with van der Waals surface area (Å²) in [6.45, 7) is 12.4. The van der Waals surface area contributed by atoms with Crippen LogP contribution in [0.2, 0.25) is 0 Å². The molecule has 1 rings (SSSR count). The second kappa shape index (κ2) is 5.08. The third-order valence-electron chi connectivity index (χ3n) is 5.32. The van der Waals surface area contributed by atoms with Crippen molar-refractivity contribution >= 4 is 5.91 Å². The highest BCUT2D eigenvalue weighted by atomic mass is 16.2. The monoisotopic (exact) mass is 268 g/mol. The van der Waals surface area contributed by atoms with Crippen molar-refractivity contribution in [3.8, 4) is 0 Å². The van der Waals surface area contributed by atoms with Crippen LogP contribution in [-0.4, -0.2) is 29.4 Å². The van der Waals surface area contributed by atoms with Gasteiger partial charge in [-0.05, 0) is 58.8 Å². The number of nitrogens with zero attached hydrogens (tertiary/aromatic N) is 1. The molecule has 19 heavy (non-hydrogen) atoms. The molecule has 0 saturated heterocycles. The quantitative estimate of drug-likeness (QED) is 0.854. The normalized spacial score (nSPS) is 21.3. The van der Waals surface area contributed by atoms with Gasteiger partial charge in [0, 0.05) is 18.6 Å². The van der Waals surface area contributed by atoms with Gasteiger partial charge >= 0.3 is 0 Å². The molecule has 1 fully saturated rings. The minimum atomic E-state index is -0.533. The van der Waals surface area contributed by atoms with Crippen LogP contribution in [0.15, 0.2) is 0 Å². The van der Waals surface area contributed by atoms with Crippen LogP contribution in [0.4, 0.5) is 0 Å². The van der Waals surface area contributed by atoms with Crippen molar-refractivity contribution in [3.05, 3.63) is 0 Å². The Balaban J connectivity index is 2.74. The molecule has 0 bridgehead atoms. The molecule has 3 nitrogen and oxygen atoms in total. The summed E-state index contributed by atoms with van der Waals surface area (Å²) in [7, 11) is 1.94. The Hall–Kier alpha value is -0.570. The molecular weight excluding hydrogens is 236 g/mol. The SMILES string of the molecule is CN(C(=O)C(C)(C)C(C)(C)N)C1CCC(C)(C)CC1. The van der Waals surface area contributed by atoms with Gasteiger partial charge in [-0.15, -0.1) is 0 Å². The Bertz CT molecular complexity index is 329. The van der Waals surface area contributed by atoms with Gasteiger partial charge in [0.2, 0.25) is 5.91 Å². The zero-order chi connectivity index (χ0) is 15.1. The molecule has 0 atom stereocenters. The Morgan fingerprint density at radius 2 is 1.58 bits per heavy atom. The van der Waals surface area contributed by atoms with Gasteiger partial charge in [-0.2, -0.15) is 0 Å². The molecule has 0 spiro atoms. The molecule has 2 N–H and O–H groups in total. The maximum absolute atomic E-state index is 12.7. The van der Waals surface area contributed by atoms with Gasteiger partial charge in [0.25, 0.3) is 0 Å². The van der Waals surface area contributed by atoms with Gasteiger partial charge in [0.05, 0.1) is 5.41 Å². The molecular formula is C16H32N2O. The average molecular weight is 268 g/mol. The van der Waals surface area contributed by atoms with E-state index < -0.39 is 11.0 Å². The molecule has 1 amide bonds. The summed E-state index contributed by atoms with van der Waals surface area (Å²) in [5.41, 5.74) is 5.57. The molecule has 112 valence electrons. The van der Waals surface area contributed by atoms with Crippen molar-refractivity contribution in [2.24, 2.45) is 16.6 Å². The molecule has 1 aliphatic carbocycles. The van der Waals surface area contributed by atoms with Crippen LogP contribution in [0.5, 0.6) is 0 Å². The first-order chi connectivity index (χ1) is 8.38. The van der Waals surface area contributed by atoms with Gasteiger partial charge in [-0.1, -0.05) is 13.8 Å². The number of hydrogen-bond acceptors (Lipinski definition) is 2. The topological polar surface area (TPSA) is 46.3 Å². The average Bonchev–Trinajstić information content (AvgIpc) is 2.25. The zero-order valence-electron chi connectivity index (χ0n) is 13.8. The second-order valence-electron chi connectivity index (χ2n) is 8.16. The Morgan fingerprint density at radius 1 is 1.16 bits per heavy atom. The van der Waals surface area contributed by atoms with Crippen LogP contribution in [0.25, 0.3) is 0 Å². The van der Waals surface area contributed by atoms with Crippen molar-refractivity contribution in [3.63, 3.8) is 0 Å². The minimum absolute atomic E-state index is 0.171. The van der Waals surface area contributed by atoms with E-state index in [-0.39, 0.29) is 5.91 Å². The van der Waals surface area contributed by atoms with Crippen LogP contribution >= 0.6 is 0 Å². The number of carbonyl (C=O) groups excluding carboxylic acids is 1. The van der Waals surface area contributed by atoms with Crippen molar-refractivity contribution in [1.82, 2.24) is 4.90 Å². The first-order valence-corrected chi connectivity index (χ1v) is 7.45. The van der Waals surface area contributed by atoms with Crippen molar-refractivity contribution in [2.45, 2.75) is 78.8 Å². The highest BCUT2D eigenvalue weighted by Crippen LogP contribution is 2.38. The van der Waals surface area contributed by atoms with Gasteiger partial charge in [0.15, 0.2) is 0 Å². The molecule has 0 aromatic carbocycles. The Kier molecular flexibility index (Phi) is 4.41. The first kappa shape index (κ1) is 16.5. The van der Waals surface area contributed by atoms with Crippen LogP contribution < -0.4 is 5.73 Å². The highest BCUT2D eigenvalue weighted by molar-refractivity contribution is 5.83. The van der Waals surface area contributed by atoms with E-state index in [4.69, 9.17) is 5.73 Å². The van der Waals surface area contributed by atoms with Crippen molar-refractivity contribution in [2.75, 3.05) is 7.05 Å². The lowest BCUT2D eigenvalue weighted by molar-refractivity contribution is -0.145. The van der Waals surface area contributed by atoms with Gasteiger partial charge in [-0.25, -0.2) is 0 Å². The summed E-state index contributed by atoms with van der Waals surface area (Å²) in [5, 5.41) is 0. The molecule has 0 unspecified atom stereocenters. The molecule has 0 radical (unpaired) electrons. The summed E-state index contributed by atoms with van der Waals surface area (Å²) in [4.78, 5) is 14.7. The first-order valence-electron chi connectivity index (χ1n) is 7.45. The lowest BCUT2D eigenvalue weighted by Crippen LogP contribution is -2.57. The zero-order valence-corrected chi connectivity index (χ0v) is 13.8. The fourth-order valence-electron chi connectivity index (χ4n) is 2.65.